The number of halogens is 3. The molecule has 0 aliphatic rings. The van der Waals surface area contributed by atoms with Crippen molar-refractivity contribution in [2.75, 3.05) is 5.32 Å². The first kappa shape index (κ1) is 14.9. The van der Waals surface area contributed by atoms with E-state index in [0.717, 1.165) is 21.1 Å². The maximum atomic E-state index is 6.12. The Bertz CT molecular complexity index is 572. The van der Waals surface area contributed by atoms with Crippen LogP contribution in [0.1, 0.15) is 24.9 Å². The first-order valence-corrected chi connectivity index (χ1v) is 8.03. The number of anilines is 1. The lowest BCUT2D eigenvalue weighted by Crippen LogP contribution is -2.09. The number of benzene rings is 2. The van der Waals surface area contributed by atoms with Gasteiger partial charge in [-0.15, -0.1) is 0 Å². The highest BCUT2D eigenvalue weighted by atomic mass is 79.9. The fraction of sp³-hybridized carbons (Fsp3) is 0.200. The molecule has 1 nitrogen and oxygen atoms in total. The Morgan fingerprint density at radius 3 is 2.58 bits per heavy atom. The Balaban J connectivity index is 2.21. The van der Waals surface area contributed by atoms with Gasteiger partial charge in [-0.1, -0.05) is 46.6 Å². The van der Waals surface area contributed by atoms with Gasteiger partial charge < -0.3 is 5.32 Å². The Kier molecular flexibility index (Phi) is 5.31. The molecule has 1 N–H and O–H groups in total. The standard InChI is InChI=1S/C15H14Br2ClN/c1-2-15(10-4-3-5-11(16)8-10)19-12-6-7-13(17)14(18)9-12/h3-9,15,19H,2H2,1H3. The van der Waals surface area contributed by atoms with Gasteiger partial charge in [-0.3, -0.25) is 0 Å². The van der Waals surface area contributed by atoms with E-state index in [4.69, 9.17) is 11.6 Å². The van der Waals surface area contributed by atoms with Gasteiger partial charge in [0.25, 0.3) is 0 Å². The summed E-state index contributed by atoms with van der Waals surface area (Å²) in [6, 6.07) is 14.6. The van der Waals surface area contributed by atoms with Crippen LogP contribution in [0.15, 0.2) is 51.4 Å². The largest absolute Gasteiger partial charge is 0.378 e. The SMILES string of the molecule is CCC(Nc1ccc(Br)c(Cl)c1)c1cccc(Br)c1. The summed E-state index contributed by atoms with van der Waals surface area (Å²) in [5.41, 5.74) is 2.29. The van der Waals surface area contributed by atoms with Gasteiger partial charge in [0.2, 0.25) is 0 Å². The van der Waals surface area contributed by atoms with Crippen molar-refractivity contribution in [1.29, 1.82) is 0 Å². The zero-order chi connectivity index (χ0) is 13.8. The molecule has 4 heteroatoms. The molecule has 0 spiro atoms. The molecule has 0 aromatic heterocycles. The molecule has 0 aliphatic carbocycles. The summed E-state index contributed by atoms with van der Waals surface area (Å²) >= 11 is 13.0. The highest BCUT2D eigenvalue weighted by Crippen LogP contribution is 2.29. The lowest BCUT2D eigenvalue weighted by Gasteiger charge is -2.19. The monoisotopic (exact) mass is 401 g/mol. The molecule has 0 heterocycles. The molecule has 19 heavy (non-hydrogen) atoms. The predicted molar refractivity (Wildman–Crippen MR) is 89.9 cm³/mol. The molecule has 0 bridgehead atoms. The molecule has 2 rings (SSSR count). The third kappa shape index (κ3) is 3.98. The number of hydrogen-bond acceptors (Lipinski definition) is 1. The maximum Gasteiger partial charge on any atom is 0.0568 e. The molecule has 100 valence electrons. The predicted octanol–water partition coefficient (Wildman–Crippen LogP) is 6.43. The topological polar surface area (TPSA) is 12.0 Å². The second kappa shape index (κ2) is 6.78. The fourth-order valence-corrected chi connectivity index (χ4v) is 2.78. The normalized spacial score (nSPS) is 12.2. The van der Waals surface area contributed by atoms with Gasteiger partial charge in [-0.2, -0.15) is 0 Å². The van der Waals surface area contributed by atoms with E-state index in [-0.39, 0.29) is 6.04 Å². The minimum absolute atomic E-state index is 0.273. The first-order chi connectivity index (χ1) is 9.10. The van der Waals surface area contributed by atoms with Crippen LogP contribution in [0.25, 0.3) is 0 Å². The molecule has 0 saturated carbocycles. The molecule has 0 aliphatic heterocycles. The lowest BCUT2D eigenvalue weighted by atomic mass is 10.0. The molecular weight excluding hydrogens is 389 g/mol. The summed E-state index contributed by atoms with van der Waals surface area (Å²) in [7, 11) is 0. The highest BCUT2D eigenvalue weighted by molar-refractivity contribution is 9.10. The van der Waals surface area contributed by atoms with Gasteiger partial charge in [0, 0.05) is 14.6 Å². The molecule has 2 aromatic rings. The van der Waals surface area contributed by atoms with Crippen molar-refractivity contribution < 1.29 is 0 Å². The maximum absolute atomic E-state index is 6.12. The van der Waals surface area contributed by atoms with E-state index in [1.54, 1.807) is 0 Å². The van der Waals surface area contributed by atoms with Crippen molar-refractivity contribution in [3.05, 3.63) is 62.0 Å². The van der Waals surface area contributed by atoms with Gasteiger partial charge in [0.15, 0.2) is 0 Å². The van der Waals surface area contributed by atoms with Crippen LogP contribution in [0.3, 0.4) is 0 Å². The van der Waals surface area contributed by atoms with E-state index in [1.165, 1.54) is 5.56 Å². The quantitative estimate of drug-likeness (QED) is 0.620. The summed E-state index contributed by atoms with van der Waals surface area (Å²) in [6.07, 6.45) is 1.00. The van der Waals surface area contributed by atoms with Crippen LogP contribution in [0, 0.1) is 0 Å². The first-order valence-electron chi connectivity index (χ1n) is 6.07. The number of nitrogens with one attached hydrogen (secondary N) is 1. The van der Waals surface area contributed by atoms with Crippen LogP contribution < -0.4 is 5.32 Å². The Morgan fingerprint density at radius 1 is 1.16 bits per heavy atom. The molecular formula is C15H14Br2ClN. The Morgan fingerprint density at radius 2 is 1.95 bits per heavy atom. The molecule has 2 aromatic carbocycles. The summed E-state index contributed by atoms with van der Waals surface area (Å²) < 4.78 is 2.01. The number of rotatable bonds is 4. The van der Waals surface area contributed by atoms with Crippen LogP contribution in [0.4, 0.5) is 5.69 Å². The third-order valence-corrected chi connectivity index (χ3v) is 4.65. The van der Waals surface area contributed by atoms with E-state index < -0.39 is 0 Å². The van der Waals surface area contributed by atoms with Crippen LogP contribution in [0.2, 0.25) is 5.02 Å². The smallest absolute Gasteiger partial charge is 0.0568 e. The molecule has 1 atom stereocenters. The summed E-state index contributed by atoms with van der Waals surface area (Å²) in [4.78, 5) is 0. The van der Waals surface area contributed by atoms with Gasteiger partial charge in [-0.25, -0.2) is 0 Å². The zero-order valence-electron chi connectivity index (χ0n) is 10.5. The van der Waals surface area contributed by atoms with E-state index >= 15 is 0 Å². The summed E-state index contributed by atoms with van der Waals surface area (Å²) in [5, 5.41) is 4.23. The fourth-order valence-electron chi connectivity index (χ4n) is 1.93. The summed E-state index contributed by atoms with van der Waals surface area (Å²) in [6.45, 7) is 2.17. The zero-order valence-corrected chi connectivity index (χ0v) is 14.4. The average molecular weight is 404 g/mol. The van der Waals surface area contributed by atoms with Crippen molar-refractivity contribution >= 4 is 49.1 Å². The minimum atomic E-state index is 0.273. The Hall–Kier alpha value is -0.510. The van der Waals surface area contributed by atoms with Crippen LogP contribution in [-0.4, -0.2) is 0 Å². The van der Waals surface area contributed by atoms with Crippen LogP contribution >= 0.6 is 43.5 Å². The lowest BCUT2D eigenvalue weighted by molar-refractivity contribution is 0.749. The third-order valence-electron chi connectivity index (χ3n) is 2.92. The van der Waals surface area contributed by atoms with Crippen molar-refractivity contribution in [2.45, 2.75) is 19.4 Å². The van der Waals surface area contributed by atoms with E-state index in [2.05, 4.69) is 62.3 Å². The molecule has 0 fully saturated rings. The van der Waals surface area contributed by atoms with Crippen molar-refractivity contribution in [3.8, 4) is 0 Å². The van der Waals surface area contributed by atoms with Gasteiger partial charge >= 0.3 is 0 Å². The molecule has 0 amide bonds. The highest BCUT2D eigenvalue weighted by Gasteiger charge is 2.10. The van der Waals surface area contributed by atoms with Gasteiger partial charge in [0.05, 0.1) is 11.1 Å². The van der Waals surface area contributed by atoms with Crippen molar-refractivity contribution in [3.63, 3.8) is 0 Å². The second-order valence-corrected chi connectivity index (χ2v) is 6.47. The van der Waals surface area contributed by atoms with E-state index in [9.17, 15) is 0 Å². The Labute approximate surface area is 135 Å². The molecule has 0 saturated heterocycles. The minimum Gasteiger partial charge on any atom is -0.378 e. The van der Waals surface area contributed by atoms with Crippen LogP contribution in [-0.2, 0) is 0 Å². The van der Waals surface area contributed by atoms with E-state index in [0.29, 0.717) is 5.02 Å². The molecule has 1 unspecified atom stereocenters. The van der Waals surface area contributed by atoms with Crippen molar-refractivity contribution in [1.82, 2.24) is 0 Å². The number of hydrogen-bond donors (Lipinski definition) is 1. The summed E-state index contributed by atoms with van der Waals surface area (Å²) in [5.74, 6) is 0. The van der Waals surface area contributed by atoms with Crippen LogP contribution in [0.5, 0.6) is 0 Å². The van der Waals surface area contributed by atoms with Gasteiger partial charge in [-0.05, 0) is 58.2 Å². The average Bonchev–Trinajstić information content (AvgIpc) is 2.40. The molecule has 0 radical (unpaired) electrons. The van der Waals surface area contributed by atoms with Crippen molar-refractivity contribution in [2.24, 2.45) is 0 Å². The van der Waals surface area contributed by atoms with Gasteiger partial charge in [0.1, 0.15) is 0 Å². The van der Waals surface area contributed by atoms with E-state index in [1.807, 2.05) is 24.3 Å². The second-order valence-electron chi connectivity index (χ2n) is 4.29.